The van der Waals surface area contributed by atoms with Crippen LogP contribution in [-0.4, -0.2) is 12.8 Å². The molecule has 1 atom stereocenters. The Morgan fingerprint density at radius 1 is 1.33 bits per heavy atom. The van der Waals surface area contributed by atoms with E-state index in [9.17, 15) is 0 Å². The van der Waals surface area contributed by atoms with Gasteiger partial charge in [-0.2, -0.15) is 5.26 Å². The fourth-order valence-corrected chi connectivity index (χ4v) is 1.95. The zero-order valence-corrected chi connectivity index (χ0v) is 10.8. The van der Waals surface area contributed by atoms with E-state index in [1.807, 2.05) is 18.2 Å². The number of nitrogens with one attached hydrogen (secondary N) is 1. The molecule has 1 aliphatic heterocycles. The Morgan fingerprint density at radius 3 is 2.83 bits per heavy atom. The second-order valence-corrected chi connectivity index (χ2v) is 4.88. The van der Waals surface area contributed by atoms with Gasteiger partial charge in [0.2, 0.25) is 6.79 Å². The first-order valence-corrected chi connectivity index (χ1v) is 6.20. The Bertz CT molecular complexity index is 452. The zero-order chi connectivity index (χ0) is 13.0. The van der Waals surface area contributed by atoms with Crippen molar-refractivity contribution in [1.29, 1.82) is 5.26 Å². The van der Waals surface area contributed by atoms with Gasteiger partial charge in [-0.15, -0.1) is 0 Å². The van der Waals surface area contributed by atoms with E-state index in [4.69, 9.17) is 14.7 Å². The minimum atomic E-state index is -0.101. The van der Waals surface area contributed by atoms with Crippen LogP contribution in [0.3, 0.4) is 0 Å². The lowest BCUT2D eigenvalue weighted by molar-refractivity contribution is 0.174. The molecule has 0 spiro atoms. The Balaban J connectivity index is 1.92. The van der Waals surface area contributed by atoms with Crippen LogP contribution in [0.1, 0.15) is 25.8 Å². The van der Waals surface area contributed by atoms with E-state index >= 15 is 0 Å². The molecule has 1 aromatic rings. The molecule has 1 aromatic carbocycles. The summed E-state index contributed by atoms with van der Waals surface area (Å²) in [5.41, 5.74) is 1.10. The third-order valence-electron chi connectivity index (χ3n) is 2.85. The number of hydrogen-bond acceptors (Lipinski definition) is 4. The maximum atomic E-state index is 9.05. The molecule has 4 heteroatoms. The maximum absolute atomic E-state index is 9.05. The topological polar surface area (TPSA) is 54.3 Å². The van der Waals surface area contributed by atoms with Gasteiger partial charge in [-0.3, -0.25) is 5.32 Å². The average Bonchev–Trinajstić information content (AvgIpc) is 2.81. The van der Waals surface area contributed by atoms with Crippen molar-refractivity contribution in [1.82, 2.24) is 5.32 Å². The highest BCUT2D eigenvalue weighted by molar-refractivity contribution is 5.44. The predicted molar refractivity (Wildman–Crippen MR) is 68.3 cm³/mol. The normalized spacial score (nSPS) is 14.6. The molecule has 0 saturated heterocycles. The van der Waals surface area contributed by atoms with E-state index in [1.54, 1.807) is 0 Å². The number of hydrogen-bond donors (Lipinski definition) is 1. The van der Waals surface area contributed by atoms with Crippen molar-refractivity contribution in [3.8, 4) is 17.6 Å². The molecule has 0 saturated carbocycles. The Morgan fingerprint density at radius 2 is 2.11 bits per heavy atom. The molecule has 1 heterocycles. The van der Waals surface area contributed by atoms with E-state index in [-0.39, 0.29) is 6.04 Å². The lowest BCUT2D eigenvalue weighted by Crippen LogP contribution is -2.28. The van der Waals surface area contributed by atoms with Crippen molar-refractivity contribution < 1.29 is 9.47 Å². The van der Waals surface area contributed by atoms with Crippen molar-refractivity contribution in [3.63, 3.8) is 0 Å². The van der Waals surface area contributed by atoms with Crippen LogP contribution in [0.25, 0.3) is 0 Å². The number of benzene rings is 1. The second-order valence-electron chi connectivity index (χ2n) is 4.88. The number of ether oxygens (including phenoxy) is 2. The van der Waals surface area contributed by atoms with E-state index in [0.29, 0.717) is 19.3 Å². The highest BCUT2D eigenvalue weighted by Crippen LogP contribution is 2.32. The standard InChI is InChI=1S/C14H18N2O2/c1-10(2)5-12(7-15)16-8-11-3-4-13-14(6-11)18-9-17-13/h3-4,6,10,12,16H,5,8-9H2,1-2H3. The van der Waals surface area contributed by atoms with E-state index in [2.05, 4.69) is 25.2 Å². The molecule has 0 aromatic heterocycles. The molecule has 1 N–H and O–H groups in total. The fourth-order valence-electron chi connectivity index (χ4n) is 1.95. The van der Waals surface area contributed by atoms with Crippen LogP contribution < -0.4 is 14.8 Å². The highest BCUT2D eigenvalue weighted by Gasteiger charge is 2.14. The SMILES string of the molecule is CC(C)CC(C#N)NCc1ccc2c(c1)OCO2. The smallest absolute Gasteiger partial charge is 0.231 e. The molecular formula is C14H18N2O2. The maximum Gasteiger partial charge on any atom is 0.231 e. The monoisotopic (exact) mass is 246 g/mol. The number of fused-ring (bicyclic) bond motifs is 1. The molecule has 0 radical (unpaired) electrons. The Hall–Kier alpha value is -1.73. The van der Waals surface area contributed by atoms with Gasteiger partial charge in [-0.1, -0.05) is 19.9 Å². The van der Waals surface area contributed by atoms with E-state index in [0.717, 1.165) is 23.5 Å². The van der Waals surface area contributed by atoms with Crippen molar-refractivity contribution in [2.45, 2.75) is 32.9 Å². The van der Waals surface area contributed by atoms with Crippen LogP contribution in [0.2, 0.25) is 0 Å². The van der Waals surface area contributed by atoms with Gasteiger partial charge in [0.05, 0.1) is 12.1 Å². The lowest BCUT2D eigenvalue weighted by Gasteiger charge is -2.13. The molecule has 0 bridgehead atoms. The molecule has 0 aliphatic carbocycles. The van der Waals surface area contributed by atoms with Crippen LogP contribution in [0.5, 0.6) is 11.5 Å². The molecule has 2 rings (SSSR count). The first kappa shape index (κ1) is 12.7. The Labute approximate surface area is 108 Å². The molecular weight excluding hydrogens is 228 g/mol. The van der Waals surface area contributed by atoms with Crippen LogP contribution >= 0.6 is 0 Å². The predicted octanol–water partition coefficient (Wildman–Crippen LogP) is 2.44. The van der Waals surface area contributed by atoms with Crippen molar-refractivity contribution in [3.05, 3.63) is 23.8 Å². The van der Waals surface area contributed by atoms with Gasteiger partial charge in [0.1, 0.15) is 0 Å². The summed E-state index contributed by atoms with van der Waals surface area (Å²) in [6.07, 6.45) is 0.862. The molecule has 1 unspecified atom stereocenters. The van der Waals surface area contributed by atoms with Crippen LogP contribution in [-0.2, 0) is 6.54 Å². The quantitative estimate of drug-likeness (QED) is 0.867. The summed E-state index contributed by atoms with van der Waals surface area (Å²) in [6, 6.07) is 8.04. The first-order chi connectivity index (χ1) is 8.69. The summed E-state index contributed by atoms with van der Waals surface area (Å²) in [4.78, 5) is 0. The molecule has 0 amide bonds. The second kappa shape index (κ2) is 5.74. The summed E-state index contributed by atoms with van der Waals surface area (Å²) in [7, 11) is 0. The van der Waals surface area contributed by atoms with Gasteiger partial charge in [0.15, 0.2) is 11.5 Å². The first-order valence-electron chi connectivity index (χ1n) is 6.20. The minimum absolute atomic E-state index is 0.101. The highest BCUT2D eigenvalue weighted by atomic mass is 16.7. The number of nitriles is 1. The largest absolute Gasteiger partial charge is 0.454 e. The zero-order valence-electron chi connectivity index (χ0n) is 10.8. The Kier molecular flexibility index (Phi) is 4.06. The van der Waals surface area contributed by atoms with E-state index < -0.39 is 0 Å². The van der Waals surface area contributed by atoms with Crippen LogP contribution in [0.15, 0.2) is 18.2 Å². The third-order valence-corrected chi connectivity index (χ3v) is 2.85. The fraction of sp³-hybridized carbons (Fsp3) is 0.500. The van der Waals surface area contributed by atoms with Crippen molar-refractivity contribution in [2.75, 3.05) is 6.79 Å². The summed E-state index contributed by atoms with van der Waals surface area (Å²) >= 11 is 0. The summed E-state index contributed by atoms with van der Waals surface area (Å²) in [5.74, 6) is 2.09. The molecule has 0 fully saturated rings. The van der Waals surface area contributed by atoms with E-state index in [1.165, 1.54) is 0 Å². The summed E-state index contributed by atoms with van der Waals surface area (Å²) in [5, 5.41) is 12.3. The van der Waals surface area contributed by atoms with Gasteiger partial charge in [0, 0.05) is 6.54 Å². The van der Waals surface area contributed by atoms with Crippen LogP contribution in [0.4, 0.5) is 0 Å². The number of nitrogens with zero attached hydrogens (tertiary/aromatic N) is 1. The van der Waals surface area contributed by atoms with Crippen LogP contribution in [0, 0.1) is 17.2 Å². The van der Waals surface area contributed by atoms with Gasteiger partial charge in [0.25, 0.3) is 0 Å². The van der Waals surface area contributed by atoms with Gasteiger partial charge in [-0.05, 0) is 30.0 Å². The molecule has 18 heavy (non-hydrogen) atoms. The summed E-state index contributed by atoms with van der Waals surface area (Å²) in [6.45, 7) is 5.20. The van der Waals surface area contributed by atoms with Gasteiger partial charge in [-0.25, -0.2) is 0 Å². The average molecular weight is 246 g/mol. The third kappa shape index (κ3) is 3.14. The van der Waals surface area contributed by atoms with Crippen molar-refractivity contribution >= 4 is 0 Å². The van der Waals surface area contributed by atoms with Gasteiger partial charge < -0.3 is 9.47 Å². The molecule has 96 valence electrons. The number of rotatable bonds is 5. The minimum Gasteiger partial charge on any atom is -0.454 e. The van der Waals surface area contributed by atoms with Crippen molar-refractivity contribution in [2.24, 2.45) is 5.92 Å². The molecule has 4 nitrogen and oxygen atoms in total. The summed E-state index contributed by atoms with van der Waals surface area (Å²) < 4.78 is 10.6. The lowest BCUT2D eigenvalue weighted by atomic mass is 10.0. The van der Waals surface area contributed by atoms with Gasteiger partial charge >= 0.3 is 0 Å². The molecule has 1 aliphatic rings.